The van der Waals surface area contributed by atoms with Gasteiger partial charge in [-0.2, -0.15) is 0 Å². The Morgan fingerprint density at radius 2 is 1.58 bits per heavy atom. The highest BCUT2D eigenvalue weighted by atomic mass is 16.4. The number of aliphatic hydroxyl groups excluding tert-OH is 2. The molecule has 0 radical (unpaired) electrons. The van der Waals surface area contributed by atoms with Crippen molar-refractivity contribution in [1.29, 1.82) is 0 Å². The number of rotatable bonds is 10. The molecule has 0 unspecified atom stereocenters. The number of amides is 1. The summed E-state index contributed by atoms with van der Waals surface area (Å²) in [4.78, 5) is 34.9. The molecule has 0 heterocycles. The van der Waals surface area contributed by atoms with E-state index in [-0.39, 0.29) is 6.54 Å². The number of hydrogen-bond donors (Lipinski definition) is 4. The van der Waals surface area contributed by atoms with E-state index >= 15 is 0 Å². The monoisotopic (exact) mass is 343 g/mol. The number of carbonyl (C=O) groups excluding carboxylic acids is 2. The second-order valence-electron chi connectivity index (χ2n) is 6.18. The summed E-state index contributed by atoms with van der Waals surface area (Å²) >= 11 is 0. The molecule has 7 heteroatoms. The predicted molar refractivity (Wildman–Crippen MR) is 89.2 cm³/mol. The van der Waals surface area contributed by atoms with Crippen molar-refractivity contribution in [3.8, 4) is 0 Å². The Balaban J connectivity index is 4.62. The molecule has 0 aromatic rings. The molecule has 0 aliphatic carbocycles. The number of carboxylic acid groups (broad SMARTS) is 1. The molecule has 0 aliphatic heterocycles. The summed E-state index contributed by atoms with van der Waals surface area (Å²) in [7, 11) is 0. The number of nitrogens with one attached hydrogen (secondary N) is 1. The third-order valence-electron chi connectivity index (χ3n) is 4.24. The van der Waals surface area contributed by atoms with Crippen molar-refractivity contribution in [2.75, 3.05) is 6.54 Å². The van der Waals surface area contributed by atoms with Crippen molar-refractivity contribution >= 4 is 17.7 Å². The molecule has 24 heavy (non-hydrogen) atoms. The van der Waals surface area contributed by atoms with Gasteiger partial charge in [0.25, 0.3) is 0 Å². The fraction of sp³-hybridized carbons (Fsp3) is 0.706. The van der Waals surface area contributed by atoms with Crippen LogP contribution in [0.15, 0.2) is 11.6 Å². The van der Waals surface area contributed by atoms with Gasteiger partial charge >= 0.3 is 5.97 Å². The molecule has 0 fully saturated rings. The molecular formula is C17H29NO6. The number of aliphatic hydroxyl groups is 2. The SMILES string of the molecule is CC/C=C(\C)[C@H](O)[C@H](C)C(=O)NCC(=O)[C@H](C)[C@@H](O)[C@@H](C)C(=O)O. The first-order valence-electron chi connectivity index (χ1n) is 8.10. The summed E-state index contributed by atoms with van der Waals surface area (Å²) in [6.07, 6.45) is 0.304. The number of carbonyl (C=O) groups is 3. The van der Waals surface area contributed by atoms with E-state index in [1.54, 1.807) is 13.8 Å². The van der Waals surface area contributed by atoms with Gasteiger partial charge in [0.1, 0.15) is 0 Å². The van der Waals surface area contributed by atoms with Gasteiger partial charge in [-0.15, -0.1) is 0 Å². The highest BCUT2D eigenvalue weighted by Crippen LogP contribution is 2.15. The topological polar surface area (TPSA) is 124 Å². The van der Waals surface area contributed by atoms with E-state index in [9.17, 15) is 24.6 Å². The maximum absolute atomic E-state index is 12.0. The van der Waals surface area contributed by atoms with Crippen LogP contribution in [0.3, 0.4) is 0 Å². The van der Waals surface area contributed by atoms with Crippen LogP contribution >= 0.6 is 0 Å². The first kappa shape index (κ1) is 22.3. The predicted octanol–water partition coefficient (Wildman–Crippen LogP) is 0.743. The molecule has 5 atom stereocenters. The highest BCUT2D eigenvalue weighted by molar-refractivity contribution is 5.89. The van der Waals surface area contributed by atoms with Gasteiger partial charge in [-0.05, 0) is 25.8 Å². The average molecular weight is 343 g/mol. The molecule has 0 bridgehead atoms. The smallest absolute Gasteiger partial charge is 0.308 e. The van der Waals surface area contributed by atoms with Crippen LogP contribution in [0.1, 0.15) is 41.0 Å². The number of carboxylic acids is 1. The summed E-state index contributed by atoms with van der Waals surface area (Å²) in [5.41, 5.74) is 0.686. The summed E-state index contributed by atoms with van der Waals surface area (Å²) in [6, 6.07) is 0. The summed E-state index contributed by atoms with van der Waals surface area (Å²) in [5, 5.41) is 31.2. The van der Waals surface area contributed by atoms with Crippen LogP contribution in [0, 0.1) is 17.8 Å². The second kappa shape index (κ2) is 10.2. The van der Waals surface area contributed by atoms with Crippen LogP contribution in [-0.4, -0.2) is 51.7 Å². The molecule has 0 aromatic heterocycles. The minimum Gasteiger partial charge on any atom is -0.481 e. The highest BCUT2D eigenvalue weighted by Gasteiger charge is 2.31. The van der Waals surface area contributed by atoms with E-state index in [1.165, 1.54) is 13.8 Å². The van der Waals surface area contributed by atoms with Crippen molar-refractivity contribution < 1.29 is 29.7 Å². The van der Waals surface area contributed by atoms with Gasteiger partial charge in [-0.25, -0.2) is 0 Å². The molecule has 0 saturated heterocycles. The van der Waals surface area contributed by atoms with E-state index in [4.69, 9.17) is 5.11 Å². The number of aliphatic carboxylic acids is 1. The molecule has 0 rings (SSSR count). The summed E-state index contributed by atoms with van der Waals surface area (Å²) in [6.45, 7) is 7.63. The van der Waals surface area contributed by atoms with Crippen LogP contribution in [0.25, 0.3) is 0 Å². The van der Waals surface area contributed by atoms with Gasteiger partial charge in [0.05, 0.1) is 30.6 Å². The number of Topliss-reactive ketones (excluding diaryl/α,β-unsaturated/α-hetero) is 1. The third-order valence-corrected chi connectivity index (χ3v) is 4.24. The zero-order valence-corrected chi connectivity index (χ0v) is 14.9. The minimum absolute atomic E-state index is 0.322. The molecule has 0 spiro atoms. The largest absolute Gasteiger partial charge is 0.481 e. The first-order chi connectivity index (χ1) is 11.0. The molecule has 4 N–H and O–H groups in total. The molecular weight excluding hydrogens is 314 g/mol. The molecule has 0 saturated carbocycles. The van der Waals surface area contributed by atoms with Gasteiger partial charge < -0.3 is 20.6 Å². The van der Waals surface area contributed by atoms with Crippen LogP contribution in [0.2, 0.25) is 0 Å². The lowest BCUT2D eigenvalue weighted by atomic mass is 9.90. The Morgan fingerprint density at radius 3 is 2.04 bits per heavy atom. The van der Waals surface area contributed by atoms with Crippen molar-refractivity contribution in [2.45, 2.75) is 53.2 Å². The van der Waals surface area contributed by atoms with Crippen LogP contribution in [0.5, 0.6) is 0 Å². The van der Waals surface area contributed by atoms with Gasteiger partial charge in [-0.1, -0.05) is 26.8 Å². The maximum Gasteiger partial charge on any atom is 0.308 e. The minimum atomic E-state index is -1.33. The van der Waals surface area contributed by atoms with E-state index in [0.29, 0.717) is 5.57 Å². The molecule has 0 aliphatic rings. The fourth-order valence-corrected chi connectivity index (χ4v) is 2.25. The lowest BCUT2D eigenvalue weighted by Gasteiger charge is -2.22. The van der Waals surface area contributed by atoms with E-state index < -0.39 is 47.6 Å². The van der Waals surface area contributed by atoms with Crippen LogP contribution in [-0.2, 0) is 14.4 Å². The normalized spacial score (nSPS) is 18.2. The number of ketones is 1. The van der Waals surface area contributed by atoms with E-state index in [1.807, 2.05) is 13.0 Å². The van der Waals surface area contributed by atoms with Gasteiger partial charge in [0, 0.05) is 5.92 Å². The Bertz CT molecular complexity index is 487. The Labute approximate surface area is 142 Å². The molecule has 138 valence electrons. The Kier molecular flexibility index (Phi) is 9.47. The van der Waals surface area contributed by atoms with Crippen LogP contribution < -0.4 is 5.32 Å². The summed E-state index contributed by atoms with van der Waals surface area (Å²) < 4.78 is 0. The van der Waals surface area contributed by atoms with Crippen molar-refractivity contribution in [3.05, 3.63) is 11.6 Å². The zero-order chi connectivity index (χ0) is 19.0. The average Bonchev–Trinajstić information content (AvgIpc) is 2.55. The Hall–Kier alpha value is -1.73. The lowest BCUT2D eigenvalue weighted by Crippen LogP contribution is -2.43. The van der Waals surface area contributed by atoms with E-state index in [2.05, 4.69) is 5.32 Å². The first-order valence-corrected chi connectivity index (χ1v) is 8.10. The molecule has 1 amide bonds. The van der Waals surface area contributed by atoms with Gasteiger partial charge in [0.2, 0.25) is 5.91 Å². The molecule has 7 nitrogen and oxygen atoms in total. The van der Waals surface area contributed by atoms with Crippen LogP contribution in [0.4, 0.5) is 0 Å². The Morgan fingerprint density at radius 1 is 1.04 bits per heavy atom. The zero-order valence-electron chi connectivity index (χ0n) is 14.9. The van der Waals surface area contributed by atoms with Crippen molar-refractivity contribution in [3.63, 3.8) is 0 Å². The van der Waals surface area contributed by atoms with Crippen molar-refractivity contribution in [1.82, 2.24) is 5.32 Å². The third kappa shape index (κ3) is 6.41. The van der Waals surface area contributed by atoms with Crippen molar-refractivity contribution in [2.24, 2.45) is 17.8 Å². The van der Waals surface area contributed by atoms with Gasteiger partial charge in [0.15, 0.2) is 5.78 Å². The fourth-order valence-electron chi connectivity index (χ4n) is 2.25. The quantitative estimate of drug-likeness (QED) is 0.434. The maximum atomic E-state index is 12.0. The van der Waals surface area contributed by atoms with Gasteiger partial charge in [-0.3, -0.25) is 14.4 Å². The number of allylic oxidation sites excluding steroid dienone is 1. The summed E-state index contributed by atoms with van der Waals surface area (Å²) in [5.74, 6) is -4.86. The second-order valence-corrected chi connectivity index (χ2v) is 6.18. The lowest BCUT2D eigenvalue weighted by molar-refractivity contribution is -0.147. The molecule has 0 aromatic carbocycles. The standard InChI is InChI=1S/C17H29NO6/c1-6-7-9(2)14(20)11(4)16(22)18-8-13(19)10(3)15(21)12(5)17(23)24/h7,10-12,14-15,20-21H,6,8H2,1-5H3,(H,18,22)(H,23,24)/b9-7+/t10-,11-,12+,14-,15+/m0/s1. The number of hydrogen-bond acceptors (Lipinski definition) is 5. The van der Waals surface area contributed by atoms with E-state index in [0.717, 1.165) is 6.42 Å².